The van der Waals surface area contributed by atoms with E-state index in [1.807, 2.05) is 30.3 Å². The molecule has 3 aliphatic heterocycles. The van der Waals surface area contributed by atoms with Crippen molar-refractivity contribution in [1.82, 2.24) is 0 Å². The Bertz CT molecular complexity index is 1130. The molecular weight excluding hydrogens is 463 g/mol. The molecule has 7 rings (SSSR count). The van der Waals surface area contributed by atoms with Gasteiger partial charge in [-0.25, -0.2) is 0 Å². The van der Waals surface area contributed by atoms with Crippen LogP contribution in [0.4, 0.5) is 0 Å². The van der Waals surface area contributed by atoms with Crippen LogP contribution in [0.15, 0.2) is 30.3 Å². The number of rotatable bonds is 3. The summed E-state index contributed by atoms with van der Waals surface area (Å²) in [5, 5.41) is 34.3. The van der Waals surface area contributed by atoms with Crippen LogP contribution in [0, 0.1) is 29.6 Å². The first kappa shape index (κ1) is 23.8. The van der Waals surface area contributed by atoms with Gasteiger partial charge in [0.25, 0.3) is 0 Å². The molecule has 1 aromatic rings. The molecule has 0 aromatic heterocycles. The van der Waals surface area contributed by atoms with Crippen molar-refractivity contribution in [3.8, 4) is 0 Å². The number of hydrogen-bond acceptors (Lipinski definition) is 8. The summed E-state index contributed by atoms with van der Waals surface area (Å²) in [6, 6.07) is 9.55. The number of fused-ring (bicyclic) bond motifs is 3. The number of aliphatic hydroxyl groups is 3. The number of benzene rings is 1. The second-order valence-electron chi connectivity index (χ2n) is 12.6. The highest BCUT2D eigenvalue weighted by molar-refractivity contribution is 6.13. The molecule has 0 radical (unpaired) electrons. The fourth-order valence-corrected chi connectivity index (χ4v) is 9.30. The summed E-state index contributed by atoms with van der Waals surface area (Å²) in [6.45, 7) is 7.62. The van der Waals surface area contributed by atoms with Gasteiger partial charge in [0.1, 0.15) is 31.8 Å². The van der Waals surface area contributed by atoms with E-state index >= 15 is 0 Å². The third-order valence-corrected chi connectivity index (χ3v) is 11.1. The number of aliphatic hydroxyl groups excluding tert-OH is 2. The summed E-state index contributed by atoms with van der Waals surface area (Å²) in [4.78, 5) is 13.6. The standard InChI is InChI=1S/C27H35BO8/c1-12(2)25-18(28)14(4)26-16-10-13(3)19(30)24(16,32)22(31)23(11-29)20(33-23)17(26)21(25)34-27(35-25,36-26)15-8-6-5-7-9-15/h5-9,12-14,16-18,20-22,29,31-32H,10-11,28H2,1-4H3/t13-,14+,16+,17-,18+,20-,21+,22+,23-,24+,25-,26-,27?/m0/s1. The van der Waals surface area contributed by atoms with Crippen molar-refractivity contribution >= 4 is 13.6 Å². The Kier molecular flexibility index (Phi) is 4.49. The molecule has 1 aromatic carbocycles. The van der Waals surface area contributed by atoms with Gasteiger partial charge in [0.2, 0.25) is 0 Å². The highest BCUT2D eigenvalue weighted by Gasteiger charge is 2.90. The van der Waals surface area contributed by atoms with E-state index in [1.54, 1.807) is 6.92 Å². The monoisotopic (exact) mass is 498 g/mol. The van der Waals surface area contributed by atoms with E-state index in [-0.39, 0.29) is 17.7 Å². The van der Waals surface area contributed by atoms with Crippen LogP contribution < -0.4 is 0 Å². The fourth-order valence-electron chi connectivity index (χ4n) is 9.30. The number of Topliss-reactive ketones (excluding diaryl/α,β-unsaturated/α-hetero) is 1. The average molecular weight is 498 g/mol. The molecule has 3 bridgehead atoms. The Morgan fingerprint density at radius 1 is 1.11 bits per heavy atom. The van der Waals surface area contributed by atoms with Crippen molar-refractivity contribution in [2.75, 3.05) is 6.61 Å². The summed E-state index contributed by atoms with van der Waals surface area (Å²) in [5.41, 5.74) is -4.70. The van der Waals surface area contributed by atoms with E-state index in [9.17, 15) is 20.1 Å². The van der Waals surface area contributed by atoms with Gasteiger partial charge in [-0.05, 0) is 24.1 Å². The Morgan fingerprint density at radius 2 is 1.81 bits per heavy atom. The van der Waals surface area contributed by atoms with E-state index in [4.69, 9.17) is 18.9 Å². The second-order valence-corrected chi connectivity index (χ2v) is 12.6. The predicted molar refractivity (Wildman–Crippen MR) is 128 cm³/mol. The molecule has 1 unspecified atom stereocenters. The third-order valence-electron chi connectivity index (χ3n) is 11.1. The maximum absolute atomic E-state index is 13.6. The molecule has 6 aliphatic rings. The number of hydrogen-bond donors (Lipinski definition) is 3. The lowest BCUT2D eigenvalue weighted by molar-refractivity contribution is -0.442. The van der Waals surface area contributed by atoms with Crippen molar-refractivity contribution in [3.63, 3.8) is 0 Å². The van der Waals surface area contributed by atoms with Gasteiger partial charge in [0.05, 0.1) is 17.8 Å². The molecule has 0 amide bonds. The minimum atomic E-state index is -2.12. The molecule has 3 saturated heterocycles. The van der Waals surface area contributed by atoms with E-state index in [1.165, 1.54) is 0 Å². The summed E-state index contributed by atoms with van der Waals surface area (Å²) in [7, 11) is 2.14. The lowest BCUT2D eigenvalue weighted by atomic mass is 9.45. The Hall–Kier alpha value is -1.33. The quantitative estimate of drug-likeness (QED) is 0.408. The molecule has 6 fully saturated rings. The Balaban J connectivity index is 1.54. The van der Waals surface area contributed by atoms with Crippen LogP contribution in [0.1, 0.15) is 39.7 Å². The summed E-state index contributed by atoms with van der Waals surface area (Å²) in [6.07, 6.45) is -2.35. The van der Waals surface area contributed by atoms with Gasteiger partial charge in [0.15, 0.2) is 11.4 Å². The van der Waals surface area contributed by atoms with Crippen molar-refractivity contribution in [2.24, 2.45) is 29.6 Å². The van der Waals surface area contributed by atoms with Crippen molar-refractivity contribution in [1.29, 1.82) is 0 Å². The van der Waals surface area contributed by atoms with Gasteiger partial charge in [-0.15, -0.1) is 0 Å². The van der Waals surface area contributed by atoms with E-state index in [0.29, 0.717) is 12.0 Å². The lowest BCUT2D eigenvalue weighted by Gasteiger charge is -2.62. The first-order valence-electron chi connectivity index (χ1n) is 13.3. The number of ether oxygens (including phenoxy) is 4. The highest BCUT2D eigenvalue weighted by Crippen LogP contribution is 2.76. The number of carbonyl (C=O) groups excluding carboxylic acids is 1. The maximum Gasteiger partial charge on any atom is 0.313 e. The van der Waals surface area contributed by atoms with Crippen LogP contribution >= 0.6 is 0 Å². The van der Waals surface area contributed by atoms with Crippen molar-refractivity contribution in [2.45, 2.75) is 86.6 Å². The van der Waals surface area contributed by atoms with Crippen LogP contribution in [0.5, 0.6) is 0 Å². The zero-order valence-corrected chi connectivity index (χ0v) is 21.4. The van der Waals surface area contributed by atoms with Crippen LogP contribution in [0.2, 0.25) is 5.82 Å². The molecule has 8 nitrogen and oxygen atoms in total. The zero-order valence-electron chi connectivity index (χ0n) is 21.4. The molecule has 9 heteroatoms. The fraction of sp³-hybridized carbons (Fsp3) is 0.741. The average Bonchev–Trinajstić information content (AvgIpc) is 3.49. The second kappa shape index (κ2) is 6.81. The molecule has 0 spiro atoms. The number of carbonyl (C=O) groups is 1. The minimum Gasteiger partial charge on any atom is -0.393 e. The molecule has 3 heterocycles. The Labute approximate surface area is 211 Å². The summed E-state index contributed by atoms with van der Waals surface area (Å²) >= 11 is 0. The largest absolute Gasteiger partial charge is 0.393 e. The molecule has 13 atom stereocenters. The number of epoxide rings is 1. The van der Waals surface area contributed by atoms with E-state index in [0.717, 1.165) is 0 Å². The molecule has 36 heavy (non-hydrogen) atoms. The predicted octanol–water partition coefficient (Wildman–Crippen LogP) is 0.524. The highest BCUT2D eigenvalue weighted by atomic mass is 16.9. The van der Waals surface area contributed by atoms with Gasteiger partial charge in [-0.3, -0.25) is 4.79 Å². The zero-order chi connectivity index (χ0) is 25.6. The van der Waals surface area contributed by atoms with E-state index < -0.39 is 76.8 Å². The van der Waals surface area contributed by atoms with Gasteiger partial charge >= 0.3 is 5.97 Å². The SMILES string of the molecule is B[C@@H]1[C@@H](C)[C@@]23OC4(c5ccccc5)O[C@H]([C@@H]2[C@@H]2O[C@]2(CO)[C@@H](O)[C@]2(O)C(=O)[C@@H](C)C[C@H]23)[C@@]1(C(C)C)O4. The van der Waals surface area contributed by atoms with Gasteiger partial charge < -0.3 is 34.3 Å². The van der Waals surface area contributed by atoms with Crippen LogP contribution in [-0.4, -0.2) is 76.3 Å². The summed E-state index contributed by atoms with van der Waals surface area (Å²) in [5.74, 6) is -3.77. The molecule has 3 saturated carbocycles. The Morgan fingerprint density at radius 3 is 2.44 bits per heavy atom. The lowest BCUT2D eigenvalue weighted by Crippen LogP contribution is -2.74. The molecule has 3 N–H and O–H groups in total. The van der Waals surface area contributed by atoms with Crippen molar-refractivity contribution in [3.05, 3.63) is 35.9 Å². The molecule has 194 valence electrons. The van der Waals surface area contributed by atoms with Gasteiger partial charge in [-0.1, -0.05) is 58.0 Å². The number of ketones is 1. The normalized spacial score (nSPS) is 58.4. The third kappa shape index (κ3) is 2.21. The van der Waals surface area contributed by atoms with Crippen LogP contribution in [-0.2, 0) is 29.7 Å². The van der Waals surface area contributed by atoms with Gasteiger partial charge in [0, 0.05) is 23.3 Å². The van der Waals surface area contributed by atoms with Crippen LogP contribution in [0.3, 0.4) is 0 Å². The van der Waals surface area contributed by atoms with E-state index in [2.05, 4.69) is 28.6 Å². The first-order chi connectivity index (χ1) is 17.0. The topological polar surface area (TPSA) is 118 Å². The van der Waals surface area contributed by atoms with Gasteiger partial charge in [-0.2, -0.15) is 0 Å². The summed E-state index contributed by atoms with van der Waals surface area (Å²) < 4.78 is 27.1. The smallest absolute Gasteiger partial charge is 0.313 e. The maximum atomic E-state index is 13.6. The minimum absolute atomic E-state index is 0.0451. The first-order valence-corrected chi connectivity index (χ1v) is 13.3. The van der Waals surface area contributed by atoms with Crippen LogP contribution in [0.25, 0.3) is 0 Å². The molecule has 3 aliphatic carbocycles. The molecular formula is C27H35BO8. The van der Waals surface area contributed by atoms with Crippen molar-refractivity contribution < 1.29 is 39.1 Å².